The molecule has 0 atom stereocenters. The topological polar surface area (TPSA) is 37.3 Å². The Morgan fingerprint density at radius 2 is 2.25 bits per heavy atom. The first-order chi connectivity index (χ1) is 3.63. The molecule has 0 fully saturated rings. The van der Waals surface area contributed by atoms with Gasteiger partial charge in [0, 0.05) is 6.42 Å². The van der Waals surface area contributed by atoms with Gasteiger partial charge in [0.25, 0.3) is 0 Å². The molecule has 0 aromatic carbocycles. The molecule has 0 saturated heterocycles. The molecule has 0 aromatic heterocycles. The Morgan fingerprint density at radius 1 is 1.75 bits per heavy atom. The van der Waals surface area contributed by atoms with E-state index in [9.17, 15) is 4.79 Å². The summed E-state index contributed by atoms with van der Waals surface area (Å²) in [7, 11) is 0. The molecule has 0 unspecified atom stereocenters. The van der Waals surface area contributed by atoms with Gasteiger partial charge in [0.15, 0.2) is 0 Å². The molecule has 2 heteroatoms. The summed E-state index contributed by atoms with van der Waals surface area (Å²) in [6.45, 7) is 3.92. The van der Waals surface area contributed by atoms with Crippen LogP contribution in [0.1, 0.15) is 20.3 Å². The van der Waals surface area contributed by atoms with Crippen molar-refractivity contribution < 1.29 is 9.90 Å². The Hall–Kier alpha value is -0.530. The molecule has 0 heterocycles. The summed E-state index contributed by atoms with van der Waals surface area (Å²) in [6, 6.07) is 0. The first kappa shape index (κ1) is 7.47. The number of hydrogen-bond acceptors (Lipinski definition) is 1. The van der Waals surface area contributed by atoms with E-state index >= 15 is 0 Å². The Kier molecular flexibility index (Phi) is 3.24. The van der Waals surface area contributed by atoms with Gasteiger partial charge in [0.05, 0.1) is 0 Å². The summed E-state index contributed by atoms with van der Waals surface area (Å²) < 4.78 is 0. The van der Waals surface area contributed by atoms with Crippen LogP contribution < -0.4 is 0 Å². The van der Waals surface area contributed by atoms with Crippen molar-refractivity contribution in [3.8, 4) is 0 Å². The van der Waals surface area contributed by atoms with Crippen LogP contribution >= 0.6 is 0 Å². The number of carboxylic acid groups (broad SMARTS) is 1. The summed E-state index contributed by atoms with van der Waals surface area (Å²) in [5, 5.41) is 8.13. The van der Waals surface area contributed by atoms with Gasteiger partial charge in [-0.05, 0) is 12.3 Å². The standard InChI is InChI=1S/C6H11O2/c1-5(2)3-4-6(7)8/h3,5H,4H2,1-2H3,(H,7,8). The van der Waals surface area contributed by atoms with E-state index in [1.165, 1.54) is 0 Å². The number of hydrogen-bond donors (Lipinski definition) is 1. The van der Waals surface area contributed by atoms with Crippen molar-refractivity contribution >= 4 is 5.97 Å². The molecule has 1 radical (unpaired) electrons. The molecular weight excluding hydrogens is 104 g/mol. The van der Waals surface area contributed by atoms with E-state index in [-0.39, 0.29) is 6.42 Å². The molecule has 0 bridgehead atoms. The van der Waals surface area contributed by atoms with Gasteiger partial charge >= 0.3 is 5.97 Å². The number of rotatable bonds is 3. The van der Waals surface area contributed by atoms with Gasteiger partial charge in [0.1, 0.15) is 0 Å². The van der Waals surface area contributed by atoms with E-state index in [2.05, 4.69) is 0 Å². The third kappa shape index (κ3) is 5.47. The van der Waals surface area contributed by atoms with Crippen molar-refractivity contribution in [2.75, 3.05) is 0 Å². The van der Waals surface area contributed by atoms with Crippen LogP contribution in [0.4, 0.5) is 0 Å². The van der Waals surface area contributed by atoms with Crippen LogP contribution in [0.2, 0.25) is 0 Å². The van der Waals surface area contributed by atoms with Gasteiger partial charge in [-0.2, -0.15) is 0 Å². The summed E-state index contributed by atoms with van der Waals surface area (Å²) in [4.78, 5) is 9.87. The lowest BCUT2D eigenvalue weighted by molar-refractivity contribution is -0.136. The van der Waals surface area contributed by atoms with Crippen LogP contribution in [-0.2, 0) is 4.79 Å². The lowest BCUT2D eigenvalue weighted by Crippen LogP contribution is -1.98. The summed E-state index contributed by atoms with van der Waals surface area (Å²) >= 11 is 0. The van der Waals surface area contributed by atoms with Gasteiger partial charge in [-0.15, -0.1) is 0 Å². The Morgan fingerprint density at radius 3 is 2.38 bits per heavy atom. The van der Waals surface area contributed by atoms with Crippen molar-refractivity contribution in [1.82, 2.24) is 0 Å². The van der Waals surface area contributed by atoms with E-state index in [1.54, 1.807) is 6.42 Å². The minimum atomic E-state index is -0.751. The maximum absolute atomic E-state index is 9.87. The molecule has 0 spiro atoms. The minimum absolute atomic E-state index is 0.178. The van der Waals surface area contributed by atoms with Gasteiger partial charge in [0.2, 0.25) is 0 Å². The lowest BCUT2D eigenvalue weighted by Gasteiger charge is -1.97. The summed E-state index contributed by atoms with van der Waals surface area (Å²) in [5.41, 5.74) is 0. The van der Waals surface area contributed by atoms with Gasteiger partial charge in [-0.25, -0.2) is 0 Å². The third-order valence-corrected chi connectivity index (χ3v) is 0.764. The van der Waals surface area contributed by atoms with Crippen LogP contribution in [0.3, 0.4) is 0 Å². The fourth-order valence-electron chi connectivity index (χ4n) is 0.337. The maximum atomic E-state index is 9.87. The molecule has 0 saturated carbocycles. The van der Waals surface area contributed by atoms with Gasteiger partial charge in [-0.3, -0.25) is 4.79 Å². The number of carbonyl (C=O) groups is 1. The highest BCUT2D eigenvalue weighted by Gasteiger charge is 1.98. The average molecular weight is 115 g/mol. The highest BCUT2D eigenvalue weighted by molar-refractivity contribution is 5.68. The van der Waals surface area contributed by atoms with Crippen LogP contribution in [0, 0.1) is 12.3 Å². The first-order valence-corrected chi connectivity index (χ1v) is 2.68. The SMILES string of the molecule is CC(C)[CH]CC(=O)O. The zero-order chi connectivity index (χ0) is 6.57. The van der Waals surface area contributed by atoms with E-state index in [1.807, 2.05) is 13.8 Å². The maximum Gasteiger partial charge on any atom is 0.303 e. The molecule has 0 amide bonds. The highest BCUT2D eigenvalue weighted by atomic mass is 16.4. The molecule has 2 nitrogen and oxygen atoms in total. The zero-order valence-corrected chi connectivity index (χ0v) is 5.22. The molecule has 0 aliphatic rings. The summed E-state index contributed by atoms with van der Waals surface area (Å²) in [5.74, 6) is -0.371. The molecule has 47 valence electrons. The molecule has 0 aliphatic carbocycles. The van der Waals surface area contributed by atoms with Crippen LogP contribution in [0.25, 0.3) is 0 Å². The zero-order valence-electron chi connectivity index (χ0n) is 5.22. The smallest absolute Gasteiger partial charge is 0.303 e. The molecule has 8 heavy (non-hydrogen) atoms. The predicted molar refractivity (Wildman–Crippen MR) is 31.4 cm³/mol. The van der Waals surface area contributed by atoms with Crippen molar-refractivity contribution in [2.24, 2.45) is 5.92 Å². The van der Waals surface area contributed by atoms with E-state index in [0.29, 0.717) is 5.92 Å². The fraction of sp³-hybridized carbons (Fsp3) is 0.667. The van der Waals surface area contributed by atoms with Gasteiger partial charge in [-0.1, -0.05) is 13.8 Å². The Labute approximate surface area is 49.5 Å². The van der Waals surface area contributed by atoms with Crippen LogP contribution in [-0.4, -0.2) is 11.1 Å². The van der Waals surface area contributed by atoms with E-state index in [0.717, 1.165) is 0 Å². The lowest BCUT2D eigenvalue weighted by atomic mass is 10.1. The van der Waals surface area contributed by atoms with Crippen molar-refractivity contribution in [1.29, 1.82) is 0 Å². The monoisotopic (exact) mass is 115 g/mol. The second kappa shape index (κ2) is 3.47. The van der Waals surface area contributed by atoms with Crippen LogP contribution in [0.5, 0.6) is 0 Å². The number of aliphatic carboxylic acids is 1. The predicted octanol–water partition coefficient (Wildman–Crippen LogP) is 1.32. The number of carboxylic acids is 1. The average Bonchev–Trinajstić information content (AvgIpc) is 1.61. The molecule has 0 aromatic rings. The van der Waals surface area contributed by atoms with Crippen LogP contribution in [0.15, 0.2) is 0 Å². The van der Waals surface area contributed by atoms with E-state index in [4.69, 9.17) is 5.11 Å². The first-order valence-electron chi connectivity index (χ1n) is 2.68. The minimum Gasteiger partial charge on any atom is -0.481 e. The Bertz CT molecular complexity index is 76.6. The van der Waals surface area contributed by atoms with Crippen molar-refractivity contribution in [3.63, 3.8) is 0 Å². The molecular formula is C6H11O2. The second-order valence-electron chi connectivity index (χ2n) is 2.08. The summed E-state index contributed by atoms with van der Waals surface area (Å²) in [6.07, 6.45) is 1.94. The van der Waals surface area contributed by atoms with Gasteiger partial charge < -0.3 is 5.11 Å². The largest absolute Gasteiger partial charge is 0.481 e. The second-order valence-corrected chi connectivity index (χ2v) is 2.08. The molecule has 0 aliphatic heterocycles. The quantitative estimate of drug-likeness (QED) is 0.602. The van der Waals surface area contributed by atoms with Crippen molar-refractivity contribution in [2.45, 2.75) is 20.3 Å². The normalized spacial score (nSPS) is 9.88. The Balaban J connectivity index is 3.05. The fourth-order valence-corrected chi connectivity index (χ4v) is 0.337. The third-order valence-electron chi connectivity index (χ3n) is 0.764. The van der Waals surface area contributed by atoms with Crippen molar-refractivity contribution in [3.05, 3.63) is 6.42 Å². The van der Waals surface area contributed by atoms with E-state index < -0.39 is 5.97 Å². The molecule has 0 rings (SSSR count). The molecule has 1 N–H and O–H groups in total. The highest BCUT2D eigenvalue weighted by Crippen LogP contribution is 2.00.